The molecule has 18 atom stereocenters. The summed E-state index contributed by atoms with van der Waals surface area (Å²) in [6.07, 6.45) is 8.47. The molecule has 0 amide bonds. The number of halogens is 2. The lowest BCUT2D eigenvalue weighted by Crippen LogP contribution is -2.34. The zero-order chi connectivity index (χ0) is 28.2. The molecular weight excluding hydrogens is 603 g/mol. The summed E-state index contributed by atoms with van der Waals surface area (Å²) in [6.45, 7) is 1.82. The molecule has 2 spiro atoms. The first-order chi connectivity index (χ1) is 22.2. The molecule has 0 radical (unpaired) electrons. The van der Waals surface area contributed by atoms with Crippen molar-refractivity contribution in [2.75, 3.05) is 13.2 Å². The summed E-state index contributed by atoms with van der Waals surface area (Å²) >= 11 is 16.4. The Bertz CT molecular complexity index is 1310. The van der Waals surface area contributed by atoms with E-state index in [1.54, 1.807) is 0 Å². The largest absolute Gasteiger partial charge is 0.353 e. The number of hydrogen-bond donors (Lipinski definition) is 0. The van der Waals surface area contributed by atoms with Gasteiger partial charge in [0.25, 0.3) is 0 Å². The van der Waals surface area contributed by atoms with Crippen molar-refractivity contribution in [1.29, 1.82) is 0 Å². The van der Waals surface area contributed by atoms with Crippen LogP contribution in [0.25, 0.3) is 0 Å². The van der Waals surface area contributed by atoms with Gasteiger partial charge in [-0.15, -0.1) is 23.2 Å². The summed E-state index contributed by atoms with van der Waals surface area (Å²) < 4.78 is 26.0. The van der Waals surface area contributed by atoms with E-state index in [9.17, 15) is 0 Å². The first-order valence-corrected chi connectivity index (χ1v) is 20.8. The van der Waals surface area contributed by atoms with Crippen LogP contribution in [0, 0.1) is 153 Å². The molecule has 0 aromatic carbocycles. The van der Waals surface area contributed by atoms with Gasteiger partial charge >= 0.3 is 0 Å². The highest BCUT2D eigenvalue weighted by Crippen LogP contribution is 3.12. The predicted octanol–water partition coefficient (Wildman–Crippen LogP) is 5.95. The van der Waals surface area contributed by atoms with Crippen LogP contribution in [0.2, 0.25) is 0 Å². The van der Waals surface area contributed by atoms with Crippen LogP contribution in [0.4, 0.5) is 0 Å². The van der Waals surface area contributed by atoms with Crippen molar-refractivity contribution in [2.45, 2.75) is 67.6 Å². The second-order valence-corrected chi connectivity index (χ2v) is 22.1. The van der Waals surface area contributed by atoms with Crippen LogP contribution in [0.15, 0.2) is 0 Å². The van der Waals surface area contributed by atoms with E-state index in [4.69, 9.17) is 42.1 Å². The Morgan fingerprint density at radius 1 is 0.400 bits per heavy atom. The molecule has 4 nitrogen and oxygen atoms in total. The van der Waals surface area contributed by atoms with E-state index in [0.717, 1.165) is 168 Å². The molecule has 45 heavy (non-hydrogen) atoms. The van der Waals surface area contributed by atoms with Crippen molar-refractivity contribution in [3.63, 3.8) is 0 Å². The Labute approximate surface area is 275 Å². The van der Waals surface area contributed by atoms with E-state index in [0.29, 0.717) is 23.0 Å². The van der Waals surface area contributed by atoms with Gasteiger partial charge in [0.05, 0.1) is 12.2 Å². The normalized spacial score (nSPS) is 83.9. The summed E-state index contributed by atoms with van der Waals surface area (Å²) in [5.41, 5.74) is 0.589. The maximum atomic E-state index is 8.20. The van der Waals surface area contributed by atoms with Crippen molar-refractivity contribution in [1.82, 2.24) is 0 Å². The highest BCUT2D eigenvalue weighted by molar-refractivity contribution is 6.53. The Morgan fingerprint density at radius 2 is 0.711 bits per heavy atom. The molecule has 0 N–H and O–H groups in total. The highest BCUT2D eigenvalue weighted by Gasteiger charge is 3.12. The molecule has 8 bridgehead atoms. The minimum absolute atomic E-state index is 0.0895. The van der Waals surface area contributed by atoms with E-state index >= 15 is 0 Å². The van der Waals surface area contributed by atoms with Crippen molar-refractivity contribution in [3.8, 4) is 0 Å². The average molecular weight is 648 g/mol. The molecule has 17 saturated carbocycles. The summed E-state index contributed by atoms with van der Waals surface area (Å²) in [5, 5.41) is 0. The van der Waals surface area contributed by atoms with Crippen LogP contribution in [0.1, 0.15) is 38.5 Å². The Kier molecular flexibility index (Phi) is 3.38. The molecule has 0 aromatic heterocycles. The number of alkyl halides is 2. The van der Waals surface area contributed by atoms with Gasteiger partial charge in [0, 0.05) is 24.0 Å². The molecule has 2 saturated heterocycles. The second kappa shape index (κ2) is 6.40. The van der Waals surface area contributed by atoms with Crippen molar-refractivity contribution in [3.05, 3.63) is 0 Å². The topological polar surface area (TPSA) is 36.9 Å². The van der Waals surface area contributed by atoms with Gasteiger partial charge in [0.2, 0.25) is 0 Å². The number of hydrogen-bond acceptors (Lipinski definition) is 4. The summed E-state index contributed by atoms with van der Waals surface area (Å²) in [7, 11) is 0. The molecular formula is C39H44Cl2O4. The van der Waals surface area contributed by atoms with E-state index in [1.807, 2.05) is 0 Å². The molecule has 17 aliphatic carbocycles. The van der Waals surface area contributed by atoms with Crippen LogP contribution in [0.5, 0.6) is 0 Å². The molecule has 2 aliphatic heterocycles. The Morgan fingerprint density at radius 3 is 0.978 bits per heavy atom. The van der Waals surface area contributed by atoms with Crippen LogP contribution >= 0.6 is 23.2 Å². The minimum atomic E-state index is -0.433. The van der Waals surface area contributed by atoms with Gasteiger partial charge in [-0.05, 0) is 181 Å². The van der Waals surface area contributed by atoms with Gasteiger partial charge in [-0.2, -0.15) is 0 Å². The molecule has 19 aliphatic rings. The predicted molar refractivity (Wildman–Crippen MR) is 160 cm³/mol. The smallest absolute Gasteiger partial charge is 0.157 e. The van der Waals surface area contributed by atoms with Crippen molar-refractivity contribution < 1.29 is 18.9 Å². The minimum Gasteiger partial charge on any atom is -0.353 e. The molecule has 19 rings (SSSR count). The van der Waals surface area contributed by atoms with Crippen LogP contribution < -0.4 is 0 Å². The molecule has 0 aromatic rings. The Balaban J connectivity index is 0.769. The van der Waals surface area contributed by atoms with E-state index in [2.05, 4.69) is 0 Å². The van der Waals surface area contributed by atoms with Crippen molar-refractivity contribution >= 4 is 23.2 Å². The van der Waals surface area contributed by atoms with Gasteiger partial charge in [-0.3, -0.25) is 0 Å². The summed E-state index contributed by atoms with van der Waals surface area (Å²) in [5.74, 6) is 22.1. The Hall–Kier alpha value is 0.420. The number of ether oxygens (including phenoxy) is 4. The molecule has 6 heteroatoms. The van der Waals surface area contributed by atoms with Crippen LogP contribution in [0.3, 0.4) is 0 Å². The third-order valence-electron chi connectivity index (χ3n) is 22.2. The van der Waals surface area contributed by atoms with Crippen LogP contribution in [-0.2, 0) is 18.9 Å². The van der Waals surface area contributed by atoms with E-state index in [1.165, 1.54) is 25.7 Å². The van der Waals surface area contributed by atoms with Gasteiger partial charge in [-0.25, -0.2) is 0 Å². The number of rotatable bonds is 4. The molecule has 19 fully saturated rings. The summed E-state index contributed by atoms with van der Waals surface area (Å²) in [6, 6.07) is 0. The van der Waals surface area contributed by atoms with Crippen LogP contribution in [-0.4, -0.2) is 42.3 Å². The quantitative estimate of drug-likeness (QED) is 0.354. The first kappa shape index (κ1) is 23.8. The molecule has 2 heterocycles. The van der Waals surface area contributed by atoms with Gasteiger partial charge in [0.1, 0.15) is 4.33 Å². The lowest BCUT2D eigenvalue weighted by Gasteiger charge is -2.32. The second-order valence-electron chi connectivity index (χ2n) is 20.8. The summed E-state index contributed by atoms with van der Waals surface area (Å²) in [4.78, 5) is 0. The van der Waals surface area contributed by atoms with E-state index < -0.39 is 4.33 Å². The standard InChI is InChI=1S/C39H44Cl2O4/c40-39(41)37(31-19-11-12-20(31)22-14-13(21(19)32(22)37)27(11)35(28(12)14)44-9-5-1-3-7-42-9)38(39)33-23-15-16-24(33)26-18-17(25(23)34(26)38)29(15)36(30(16)18)45-10-6-2-4-8-43-10/h9-36H,1-8H2. The zero-order valence-electron chi connectivity index (χ0n) is 25.7. The third kappa shape index (κ3) is 1.69. The third-order valence-corrected chi connectivity index (χ3v) is 23.4. The zero-order valence-corrected chi connectivity index (χ0v) is 27.2. The average Bonchev–Trinajstić information content (AvgIpc) is 3.81. The fourth-order valence-electron chi connectivity index (χ4n) is 24.1. The lowest BCUT2D eigenvalue weighted by atomic mass is 9.73. The maximum Gasteiger partial charge on any atom is 0.157 e. The monoisotopic (exact) mass is 646 g/mol. The molecule has 18 unspecified atom stereocenters. The van der Waals surface area contributed by atoms with E-state index in [-0.39, 0.29) is 12.6 Å². The first-order valence-electron chi connectivity index (χ1n) is 20.1. The van der Waals surface area contributed by atoms with Gasteiger partial charge in [-0.1, -0.05) is 0 Å². The van der Waals surface area contributed by atoms with Gasteiger partial charge in [0.15, 0.2) is 12.6 Å². The fraction of sp³-hybridized carbons (Fsp3) is 1.00. The van der Waals surface area contributed by atoms with Crippen molar-refractivity contribution in [2.24, 2.45) is 153 Å². The highest BCUT2D eigenvalue weighted by atomic mass is 35.5. The molecule has 238 valence electrons. The SMILES string of the molecule is ClC1(Cl)C2(C3C4C5C6C(OC7CCCCO7)C7C5C3C3C7C6C4C32)C12C1C3C4C5C(OC6CCCCO6)C6C4C1C1C6C5C3C12. The van der Waals surface area contributed by atoms with Gasteiger partial charge < -0.3 is 18.9 Å². The fourth-order valence-corrected chi connectivity index (χ4v) is 25.6. The lowest BCUT2D eigenvalue weighted by molar-refractivity contribution is -0.200. The maximum absolute atomic E-state index is 8.20.